The van der Waals surface area contributed by atoms with Gasteiger partial charge in [-0.2, -0.15) is 12.6 Å². The van der Waals surface area contributed by atoms with E-state index >= 15 is 0 Å². The Hall–Kier alpha value is 0.330. The van der Waals surface area contributed by atoms with Gasteiger partial charge in [-0.15, -0.1) is 11.8 Å². The van der Waals surface area contributed by atoms with Crippen molar-refractivity contribution in [2.75, 3.05) is 11.5 Å². The van der Waals surface area contributed by atoms with Crippen molar-refractivity contribution in [1.82, 2.24) is 4.98 Å². The average molecular weight is 348 g/mol. The highest BCUT2D eigenvalue weighted by atomic mass is 79.9. The van der Waals surface area contributed by atoms with Crippen LogP contribution < -0.4 is 0 Å². The van der Waals surface area contributed by atoms with E-state index in [1.54, 1.807) is 0 Å². The third-order valence-electron chi connectivity index (χ3n) is 3.14. The minimum Gasteiger partial charge on any atom is -0.249 e. The normalized spacial score (nSPS) is 11.8. The first-order valence-electron chi connectivity index (χ1n) is 6.51. The zero-order valence-corrected chi connectivity index (χ0v) is 14.5. The van der Waals surface area contributed by atoms with Crippen LogP contribution in [0.15, 0.2) is 27.8 Å². The molecule has 0 spiro atoms. The van der Waals surface area contributed by atoms with E-state index < -0.39 is 0 Å². The highest BCUT2D eigenvalue weighted by molar-refractivity contribution is 9.10. The van der Waals surface area contributed by atoms with Gasteiger partial charge in [-0.25, -0.2) is 4.98 Å². The van der Waals surface area contributed by atoms with Crippen LogP contribution in [0.4, 0.5) is 0 Å². The topological polar surface area (TPSA) is 12.9 Å². The lowest BCUT2D eigenvalue weighted by molar-refractivity contribution is 0.318. The van der Waals surface area contributed by atoms with Crippen LogP contribution in [-0.2, 0) is 0 Å². The van der Waals surface area contributed by atoms with Gasteiger partial charge in [0.15, 0.2) is 0 Å². The van der Waals surface area contributed by atoms with Crippen molar-refractivity contribution in [1.29, 1.82) is 0 Å². The van der Waals surface area contributed by atoms with E-state index in [-0.39, 0.29) is 0 Å². The molecule has 0 unspecified atom stereocenters. The molecule has 0 aliphatic rings. The summed E-state index contributed by atoms with van der Waals surface area (Å²) in [6, 6.07) is 4.01. The second-order valence-corrected chi connectivity index (χ2v) is 6.87. The van der Waals surface area contributed by atoms with Gasteiger partial charge in [-0.1, -0.05) is 26.7 Å². The smallest absolute Gasteiger partial charge is 0.110 e. The molecule has 102 valence electrons. The summed E-state index contributed by atoms with van der Waals surface area (Å²) < 4.78 is 1.09. The molecule has 0 N–H and O–H groups in total. The summed E-state index contributed by atoms with van der Waals surface area (Å²) in [4.78, 5) is 4.43. The van der Waals surface area contributed by atoms with Crippen LogP contribution >= 0.6 is 40.3 Å². The number of hydrogen-bond acceptors (Lipinski definition) is 3. The quantitative estimate of drug-likeness (QED) is 0.495. The van der Waals surface area contributed by atoms with Gasteiger partial charge in [-0.3, -0.25) is 0 Å². The van der Waals surface area contributed by atoms with Crippen molar-refractivity contribution in [2.24, 2.45) is 5.41 Å². The lowest BCUT2D eigenvalue weighted by atomic mass is 9.83. The van der Waals surface area contributed by atoms with Crippen molar-refractivity contribution in [3.8, 4) is 0 Å². The van der Waals surface area contributed by atoms with Gasteiger partial charge in [0.2, 0.25) is 0 Å². The van der Waals surface area contributed by atoms with Crippen molar-refractivity contribution in [3.63, 3.8) is 0 Å². The van der Waals surface area contributed by atoms with Gasteiger partial charge in [-0.05, 0) is 52.1 Å². The van der Waals surface area contributed by atoms with Crippen LogP contribution in [0.5, 0.6) is 0 Å². The molecule has 0 atom stereocenters. The van der Waals surface area contributed by atoms with E-state index in [0.717, 1.165) is 21.0 Å². The molecule has 0 fully saturated rings. The molecule has 1 aromatic rings. The zero-order valence-electron chi connectivity index (χ0n) is 11.2. The predicted molar refractivity (Wildman–Crippen MR) is 88.8 cm³/mol. The summed E-state index contributed by atoms with van der Waals surface area (Å²) in [6.07, 6.45) is 6.81. The van der Waals surface area contributed by atoms with Gasteiger partial charge in [0.25, 0.3) is 0 Å². The number of aromatic nitrogens is 1. The lowest BCUT2D eigenvalue weighted by Crippen LogP contribution is -2.26. The van der Waals surface area contributed by atoms with Crippen LogP contribution in [0.25, 0.3) is 0 Å². The molecule has 1 nitrogen and oxygen atoms in total. The van der Waals surface area contributed by atoms with Gasteiger partial charge < -0.3 is 0 Å². The summed E-state index contributed by atoms with van der Waals surface area (Å²) in [7, 11) is 0. The van der Waals surface area contributed by atoms with Crippen molar-refractivity contribution in [2.45, 2.75) is 44.6 Å². The number of nitrogens with zero attached hydrogens (tertiary/aromatic N) is 1. The third kappa shape index (κ3) is 4.78. The second-order valence-electron chi connectivity index (χ2n) is 4.74. The standard InChI is InChI=1S/C14H22BrNS2/c1-3-7-14(10-17,8-4-2)11-18-13-12(15)6-5-9-16-13/h5-6,9,17H,3-4,7-8,10-11H2,1-2H3. The Labute approximate surface area is 129 Å². The van der Waals surface area contributed by atoms with E-state index in [1.807, 2.05) is 24.0 Å². The molecule has 1 rings (SSSR count). The SMILES string of the molecule is CCCC(CS)(CCC)CSc1ncccc1Br. The van der Waals surface area contributed by atoms with Crippen molar-refractivity contribution < 1.29 is 0 Å². The fraction of sp³-hybridized carbons (Fsp3) is 0.643. The van der Waals surface area contributed by atoms with Gasteiger partial charge in [0, 0.05) is 16.4 Å². The van der Waals surface area contributed by atoms with Crippen LogP contribution in [0.2, 0.25) is 0 Å². The third-order valence-corrected chi connectivity index (χ3v) is 6.06. The Kier molecular flexibility index (Phi) is 7.73. The van der Waals surface area contributed by atoms with Crippen molar-refractivity contribution >= 4 is 40.3 Å². The number of thioether (sulfide) groups is 1. The first-order chi connectivity index (χ1) is 8.67. The summed E-state index contributed by atoms with van der Waals surface area (Å²) in [5.74, 6) is 2.07. The molecule has 1 aromatic heterocycles. The average Bonchev–Trinajstić information content (AvgIpc) is 2.38. The predicted octanol–water partition coefficient (Wildman–Crippen LogP) is 5.45. The largest absolute Gasteiger partial charge is 0.249 e. The molecule has 0 saturated carbocycles. The minimum atomic E-state index is 0.355. The Bertz CT molecular complexity index is 351. The fourth-order valence-electron chi connectivity index (χ4n) is 2.23. The number of halogens is 1. The highest BCUT2D eigenvalue weighted by Gasteiger charge is 2.27. The van der Waals surface area contributed by atoms with E-state index in [0.29, 0.717) is 5.41 Å². The molecular formula is C14H22BrNS2. The Balaban J connectivity index is 2.69. The number of rotatable bonds is 8. The molecule has 0 aliphatic carbocycles. The number of thiol groups is 1. The number of pyridine rings is 1. The summed E-state index contributed by atoms with van der Waals surface area (Å²) in [5.41, 5.74) is 0.355. The summed E-state index contributed by atoms with van der Waals surface area (Å²) in [6.45, 7) is 4.52. The van der Waals surface area contributed by atoms with E-state index in [2.05, 4.69) is 53.5 Å². The molecule has 4 heteroatoms. The lowest BCUT2D eigenvalue weighted by Gasteiger charge is -2.31. The fourth-order valence-corrected chi connectivity index (χ4v) is 4.59. The van der Waals surface area contributed by atoms with Gasteiger partial charge >= 0.3 is 0 Å². The van der Waals surface area contributed by atoms with Gasteiger partial charge in [0.1, 0.15) is 5.03 Å². The minimum absolute atomic E-state index is 0.355. The van der Waals surface area contributed by atoms with E-state index in [9.17, 15) is 0 Å². The maximum atomic E-state index is 4.60. The van der Waals surface area contributed by atoms with E-state index in [4.69, 9.17) is 0 Å². The maximum Gasteiger partial charge on any atom is 0.110 e. The van der Waals surface area contributed by atoms with Gasteiger partial charge in [0.05, 0.1) is 0 Å². The first-order valence-corrected chi connectivity index (χ1v) is 8.92. The Morgan fingerprint density at radius 3 is 2.50 bits per heavy atom. The monoisotopic (exact) mass is 347 g/mol. The van der Waals surface area contributed by atoms with E-state index in [1.165, 1.54) is 25.7 Å². The molecule has 0 amide bonds. The summed E-state index contributed by atoms with van der Waals surface area (Å²) >= 11 is 10.0. The van der Waals surface area contributed by atoms with Crippen molar-refractivity contribution in [3.05, 3.63) is 22.8 Å². The molecule has 0 saturated heterocycles. The molecular weight excluding hydrogens is 326 g/mol. The summed E-state index contributed by atoms with van der Waals surface area (Å²) in [5, 5.41) is 1.09. The Morgan fingerprint density at radius 1 is 1.33 bits per heavy atom. The maximum absolute atomic E-state index is 4.60. The molecule has 0 bridgehead atoms. The van der Waals surface area contributed by atoms with Crippen LogP contribution in [0, 0.1) is 5.41 Å². The zero-order chi connectivity index (χ0) is 13.4. The second kappa shape index (κ2) is 8.49. The molecule has 0 aromatic carbocycles. The molecule has 1 heterocycles. The molecule has 18 heavy (non-hydrogen) atoms. The van der Waals surface area contributed by atoms with Crippen LogP contribution in [0.1, 0.15) is 39.5 Å². The molecule has 0 radical (unpaired) electrons. The van der Waals surface area contributed by atoms with Crippen LogP contribution in [0.3, 0.4) is 0 Å². The van der Waals surface area contributed by atoms with Crippen LogP contribution in [-0.4, -0.2) is 16.5 Å². The highest BCUT2D eigenvalue weighted by Crippen LogP contribution is 2.38. The first kappa shape index (κ1) is 16.4. The Morgan fingerprint density at radius 2 is 2.00 bits per heavy atom. The molecule has 0 aliphatic heterocycles. The number of hydrogen-bond donors (Lipinski definition) is 1.